The molecule has 4 unspecified atom stereocenters. The van der Waals surface area contributed by atoms with E-state index in [1.807, 2.05) is 59.7 Å². The van der Waals surface area contributed by atoms with Gasteiger partial charge >= 0.3 is 41.6 Å². The van der Waals surface area contributed by atoms with E-state index in [0.717, 1.165) is 88.3 Å². The van der Waals surface area contributed by atoms with E-state index in [0.29, 0.717) is 121 Å². The number of carbonyl (C=O) groups is 3. The van der Waals surface area contributed by atoms with E-state index < -0.39 is 70.1 Å². The van der Waals surface area contributed by atoms with Gasteiger partial charge in [-0.3, -0.25) is 19.4 Å². The number of aliphatic hydroxyl groups is 1. The minimum absolute atomic E-state index is 0. The van der Waals surface area contributed by atoms with Gasteiger partial charge in [0.2, 0.25) is 58.4 Å². The number of fused-ring (bicyclic) bond motifs is 5. The molecule has 731 valence electrons. The number of hydrogen-bond donors (Lipinski definition) is 4. The second-order valence-electron chi connectivity index (χ2n) is 33.5. The third kappa shape index (κ3) is 31.5. The molecule has 3 radical (unpaired) electrons. The Morgan fingerprint density at radius 3 is 1.21 bits per heavy atom. The van der Waals surface area contributed by atoms with Crippen LogP contribution in [0.4, 0.5) is 4.79 Å². The van der Waals surface area contributed by atoms with Crippen LogP contribution in [-0.4, -0.2) is 209 Å². The zero-order valence-electron chi connectivity index (χ0n) is 78.0. The number of carbonyl (C=O) groups excluding carboxylic acids is 3. The molecule has 4 atom stereocenters. The van der Waals surface area contributed by atoms with Gasteiger partial charge in [-0.1, -0.05) is 115 Å². The van der Waals surface area contributed by atoms with E-state index in [4.69, 9.17) is 54.7 Å². The molecule has 7 aliphatic rings. The van der Waals surface area contributed by atoms with Crippen molar-refractivity contribution in [3.8, 4) is 28.7 Å². The van der Waals surface area contributed by atoms with Gasteiger partial charge in [0.1, 0.15) is 39.9 Å². The van der Waals surface area contributed by atoms with Gasteiger partial charge < -0.3 is 61.0 Å². The van der Waals surface area contributed by atoms with Crippen molar-refractivity contribution < 1.29 is 130 Å². The van der Waals surface area contributed by atoms with Gasteiger partial charge in [0.25, 0.3) is 0 Å². The molecule has 2 saturated heterocycles. The van der Waals surface area contributed by atoms with Crippen molar-refractivity contribution >= 4 is 130 Å². The number of halogens is 4. The first-order valence-corrected chi connectivity index (χ1v) is 54.2. The van der Waals surface area contributed by atoms with Crippen LogP contribution in [0, 0.1) is 0 Å². The van der Waals surface area contributed by atoms with Crippen LogP contribution in [0.3, 0.4) is 0 Å². The summed E-state index contributed by atoms with van der Waals surface area (Å²) in [6, 6.07) is 66.2. The van der Waals surface area contributed by atoms with E-state index in [-0.39, 0.29) is 132 Å². The molecule has 17 rings (SSSR count). The van der Waals surface area contributed by atoms with Crippen molar-refractivity contribution in [3.63, 3.8) is 0 Å². The minimum Gasteiger partial charge on any atom is -1.00 e. The maximum absolute atomic E-state index is 13.0. The van der Waals surface area contributed by atoms with Crippen LogP contribution in [0.1, 0.15) is 138 Å². The molecule has 40 heteroatoms. The monoisotopic (exact) mass is 2080 g/mol. The Bertz CT molecular complexity index is 6180. The summed E-state index contributed by atoms with van der Waals surface area (Å²) in [5.41, 5.74) is 8.87. The summed E-state index contributed by atoms with van der Waals surface area (Å²) in [5, 5.41) is 16.3. The first kappa shape index (κ1) is 114. The SMILES string of the molecule is CC(C)(C)OC(=O)CCN(CCN)C1CCOc2cc(S(=O)(=O)c3ccccc3)ccc21.CC(C)(C)OC(=O)N1CCNCC1.Cl.O=C1CCOc2cc(S(=O)(=O)c3ccccc3)ccc21.O=S(=O)(c1ccccc1)c1ccc2c(c1)OCCC2Cl.O=S(=O)(c1ccccc1)c1ccc2c(c1)OCCC2N1CCNCC1.O=S(=O)(c1ccccc1)c1ccc2c(c1)OCCC2O.O=S(Cl)Cl.[B].[H-].[Na+]. The Morgan fingerprint density at radius 2 is 0.796 bits per heavy atom. The van der Waals surface area contributed by atoms with Gasteiger partial charge in [0.05, 0.1) is 105 Å². The average Bonchev–Trinajstić information content (AvgIpc) is 0.770. The number of ketones is 1. The molecule has 28 nitrogen and oxygen atoms in total. The maximum atomic E-state index is 13.0. The molecule has 137 heavy (non-hydrogen) atoms. The molecule has 10 aromatic carbocycles. The predicted molar refractivity (Wildman–Crippen MR) is 526 cm³/mol. The van der Waals surface area contributed by atoms with Gasteiger partial charge in [0, 0.05) is 168 Å². The van der Waals surface area contributed by atoms with E-state index in [9.17, 15) is 61.6 Å². The number of ether oxygens (including phenoxy) is 7. The number of amides is 1. The number of rotatable bonds is 17. The number of nitrogens with zero attached hydrogens (tertiary/aromatic N) is 3. The Kier molecular flexibility index (Phi) is 43.4. The van der Waals surface area contributed by atoms with Crippen LogP contribution in [-0.2, 0) is 72.7 Å². The molecule has 0 aromatic heterocycles. The molecule has 7 aliphatic heterocycles. The molecule has 7 heterocycles. The minimum atomic E-state index is -3.63. The number of esters is 1. The summed E-state index contributed by atoms with van der Waals surface area (Å²) in [6.07, 6.45) is 2.73. The van der Waals surface area contributed by atoms with Gasteiger partial charge in [-0.25, -0.2) is 51.1 Å². The fraction of sp³-hybridized carbons (Fsp3) is 0.351. The first-order valence-electron chi connectivity index (χ1n) is 43.5. The topological polar surface area (TPSA) is 384 Å². The van der Waals surface area contributed by atoms with E-state index >= 15 is 0 Å². The number of Topliss-reactive ketones (excluding diaryl/α,β-unsaturated/α-hetero) is 1. The van der Waals surface area contributed by atoms with E-state index in [2.05, 4.69) is 41.8 Å². The fourth-order valence-corrected chi connectivity index (χ4v) is 22.0. The fourth-order valence-electron chi connectivity index (χ4n) is 15.3. The summed E-state index contributed by atoms with van der Waals surface area (Å²) in [5.74, 6) is 2.34. The number of alkyl halides is 1. The van der Waals surface area contributed by atoms with E-state index in [1.165, 1.54) is 30.3 Å². The number of sulfone groups is 5. The van der Waals surface area contributed by atoms with Crippen LogP contribution in [0.25, 0.3) is 0 Å². The third-order valence-electron chi connectivity index (χ3n) is 21.8. The summed E-state index contributed by atoms with van der Waals surface area (Å²) >= 11 is 6.20. The second-order valence-corrected chi connectivity index (χ2v) is 46.3. The number of nitrogens with one attached hydrogen (secondary N) is 2. The molecule has 0 spiro atoms. The Balaban J connectivity index is 0.000000226. The Labute approximate surface area is 851 Å². The summed E-state index contributed by atoms with van der Waals surface area (Å²) in [4.78, 5) is 44.1. The Morgan fingerprint density at radius 1 is 0.460 bits per heavy atom. The van der Waals surface area contributed by atoms with Crippen LogP contribution in [0.15, 0.2) is 292 Å². The molecular weight excluding hydrogens is 1970 g/mol. The maximum Gasteiger partial charge on any atom is 1.00 e. The van der Waals surface area contributed by atoms with Crippen LogP contribution < -0.4 is 69.6 Å². The standard InChI is InChI=1S/C24H32N2O5S.C19H22N2O3S.C15H13ClO3S.C15H14O4S.C15H12O4S.C9H18N2O2.B.Cl2OS.ClH.Na.H/c1-24(2,3)31-23(27)11-14-26(15-13-25)21-12-16-30-22-17-19(9-10-20(21)22)32(28,29)18-7-5-4-6-8-18;22-25(23,15-4-2-1-3-5-15)16-6-7-17-18(8-13-24-19(17)14-16)21-11-9-20-10-12-21;3*16-14-8-9-19-15-10-12(6-7-13(14)15)20(17,18)11-4-2-1-3-5-11;1-9(2,3)13-8(12)11-6-4-10-5-7-11;;1-4(2)3;;;/h4-10,17,21H,11-16,25H2,1-3H3;1-7,14,18,20H,8-13H2;1-7,10,14H,8-9H2;1-7,10,14,16H,8-9H2;1-7,10H,8-9H2;10H,4-7H2,1-3H3;;;1H;;/q;;;;;;;;;+1;-1. The molecule has 5 N–H and O–H groups in total. The largest absolute Gasteiger partial charge is 1.00 e. The summed E-state index contributed by atoms with van der Waals surface area (Å²) in [6.45, 7) is 22.2. The van der Waals surface area contributed by atoms with Gasteiger partial charge in [-0.15, -0.1) is 24.0 Å². The zero-order valence-corrected chi connectivity index (χ0v) is 87.0. The van der Waals surface area contributed by atoms with Crippen molar-refractivity contribution in [3.05, 3.63) is 270 Å². The smallest absolute Gasteiger partial charge is 1.00 e. The first-order chi connectivity index (χ1) is 63.8. The van der Waals surface area contributed by atoms with Crippen molar-refractivity contribution in [2.24, 2.45) is 5.73 Å². The van der Waals surface area contributed by atoms with Gasteiger partial charge in [-0.2, -0.15) is 0 Å². The van der Waals surface area contributed by atoms with Gasteiger partial charge in [0.15, 0.2) is 5.78 Å². The van der Waals surface area contributed by atoms with Crippen molar-refractivity contribution in [1.29, 1.82) is 0 Å². The van der Waals surface area contributed by atoms with Crippen molar-refractivity contribution in [2.75, 3.05) is 105 Å². The van der Waals surface area contributed by atoms with Crippen LogP contribution in [0.5, 0.6) is 28.7 Å². The zero-order chi connectivity index (χ0) is 96.6. The molecule has 0 aliphatic carbocycles. The van der Waals surface area contributed by atoms with Crippen LogP contribution in [0.2, 0.25) is 0 Å². The summed E-state index contributed by atoms with van der Waals surface area (Å²) < 4.78 is 174. The van der Waals surface area contributed by atoms with E-state index in [1.54, 1.807) is 199 Å². The third-order valence-corrected chi connectivity index (χ3v) is 31.1. The second kappa shape index (κ2) is 52.3. The number of nitrogens with two attached hydrogens (primary N) is 1. The number of hydrogen-bond acceptors (Lipinski definition) is 27. The van der Waals surface area contributed by atoms with Gasteiger partial charge in [-0.05, 0) is 169 Å². The summed E-state index contributed by atoms with van der Waals surface area (Å²) in [7, 11) is -10.4. The molecular formula is C97H113BCl4N6NaO22S6. The average molecular weight is 2080 g/mol. The molecule has 0 saturated carbocycles. The predicted octanol–water partition coefficient (Wildman–Crippen LogP) is 13.0. The molecule has 0 bridgehead atoms. The number of aliphatic hydroxyl groups excluding tert-OH is 1. The molecule has 10 aromatic rings. The number of piperazine rings is 2. The Hall–Kier alpha value is -8.51. The van der Waals surface area contributed by atoms with Crippen molar-refractivity contribution in [2.45, 2.75) is 164 Å². The normalized spacial score (nSPS) is 17.1. The number of benzene rings is 10. The quantitative estimate of drug-likeness (QED) is 0.0285. The molecule has 1 amide bonds. The molecule has 2 fully saturated rings. The van der Waals surface area contributed by atoms with Crippen molar-refractivity contribution in [1.82, 2.24) is 25.3 Å². The van der Waals surface area contributed by atoms with Crippen LogP contribution >= 0.6 is 45.4 Å².